The summed E-state index contributed by atoms with van der Waals surface area (Å²) < 4.78 is 38.0. The molecule has 0 spiro atoms. The quantitative estimate of drug-likeness (QED) is 0.421. The summed E-state index contributed by atoms with van der Waals surface area (Å²) in [6.07, 6.45) is 6.28. The first-order valence-corrected chi connectivity index (χ1v) is 8.25. The summed E-state index contributed by atoms with van der Waals surface area (Å²) in [4.78, 5) is 0. The molecular formula is C23H18F3N. The number of hydrogen-bond acceptors (Lipinski definition) is 1. The summed E-state index contributed by atoms with van der Waals surface area (Å²) >= 11 is 0. The summed E-state index contributed by atoms with van der Waals surface area (Å²) in [5.74, 6) is 0. The SMILES string of the molecule is CC(/C=C/C=C(/C=C/c1ccc(C(F)(F)F)cc1)c1ccccc1)=C\C#N. The Kier molecular flexibility index (Phi) is 6.96. The Morgan fingerprint density at radius 2 is 1.63 bits per heavy atom. The van der Waals surface area contributed by atoms with Crippen LogP contribution in [0.3, 0.4) is 0 Å². The Bertz CT molecular complexity index is 907. The van der Waals surface area contributed by atoms with Crippen LogP contribution >= 0.6 is 0 Å². The van der Waals surface area contributed by atoms with Crippen molar-refractivity contribution in [2.75, 3.05) is 0 Å². The van der Waals surface area contributed by atoms with Crippen molar-refractivity contribution >= 4 is 11.6 Å². The lowest BCUT2D eigenvalue weighted by molar-refractivity contribution is -0.137. The first-order chi connectivity index (χ1) is 12.9. The molecule has 0 saturated carbocycles. The molecule has 0 N–H and O–H groups in total. The highest BCUT2D eigenvalue weighted by atomic mass is 19.4. The molecule has 136 valence electrons. The standard InChI is InChI=1S/C23H18F3N/c1-18(16-17-27)6-5-9-21(20-7-3-2-4-8-20)13-10-19-11-14-22(15-12-19)23(24,25)26/h2-16H,1H3/b6-5+,13-10+,18-16+,21-9-. The Balaban J connectivity index is 2.28. The van der Waals surface area contributed by atoms with Crippen LogP contribution in [-0.4, -0.2) is 0 Å². The zero-order chi connectivity index (χ0) is 19.7. The number of alkyl halides is 3. The zero-order valence-corrected chi connectivity index (χ0v) is 14.7. The minimum atomic E-state index is -4.34. The number of nitriles is 1. The van der Waals surface area contributed by atoms with Crippen molar-refractivity contribution in [2.45, 2.75) is 13.1 Å². The second-order valence-electron chi connectivity index (χ2n) is 5.82. The Morgan fingerprint density at radius 3 is 2.22 bits per heavy atom. The second kappa shape index (κ2) is 9.40. The van der Waals surface area contributed by atoms with E-state index in [4.69, 9.17) is 5.26 Å². The molecule has 2 aromatic carbocycles. The van der Waals surface area contributed by atoms with Gasteiger partial charge in [0.2, 0.25) is 0 Å². The molecule has 0 aliphatic rings. The van der Waals surface area contributed by atoms with Gasteiger partial charge in [0.15, 0.2) is 0 Å². The summed E-state index contributed by atoms with van der Waals surface area (Å²) in [5, 5.41) is 8.65. The predicted octanol–water partition coefficient (Wildman–Crippen LogP) is 6.83. The molecule has 0 aliphatic carbocycles. The third-order valence-corrected chi connectivity index (χ3v) is 3.73. The van der Waals surface area contributed by atoms with Gasteiger partial charge in [-0.15, -0.1) is 0 Å². The van der Waals surface area contributed by atoms with Crippen molar-refractivity contribution in [1.82, 2.24) is 0 Å². The Hall–Kier alpha value is -3.32. The van der Waals surface area contributed by atoms with Crippen LogP contribution in [-0.2, 0) is 6.18 Å². The van der Waals surface area contributed by atoms with Crippen molar-refractivity contribution in [3.8, 4) is 6.07 Å². The lowest BCUT2D eigenvalue weighted by Crippen LogP contribution is -2.03. The number of halogens is 3. The largest absolute Gasteiger partial charge is 0.416 e. The van der Waals surface area contributed by atoms with Gasteiger partial charge in [-0.3, -0.25) is 0 Å². The van der Waals surface area contributed by atoms with Crippen LogP contribution in [0.2, 0.25) is 0 Å². The summed E-state index contributed by atoms with van der Waals surface area (Å²) in [5.41, 5.74) is 2.71. The molecular weight excluding hydrogens is 347 g/mol. The van der Waals surface area contributed by atoms with Crippen molar-refractivity contribution in [3.63, 3.8) is 0 Å². The van der Waals surface area contributed by atoms with Gasteiger partial charge >= 0.3 is 6.18 Å². The molecule has 1 nitrogen and oxygen atoms in total. The third-order valence-electron chi connectivity index (χ3n) is 3.73. The number of hydrogen-bond donors (Lipinski definition) is 0. The molecule has 2 rings (SSSR count). The van der Waals surface area contributed by atoms with E-state index in [1.807, 2.05) is 67.6 Å². The van der Waals surface area contributed by atoms with Gasteiger partial charge in [-0.05, 0) is 41.3 Å². The molecule has 0 atom stereocenters. The van der Waals surface area contributed by atoms with Gasteiger partial charge in [-0.2, -0.15) is 18.4 Å². The lowest BCUT2D eigenvalue weighted by atomic mass is 10.0. The van der Waals surface area contributed by atoms with Crippen LogP contribution in [0.4, 0.5) is 13.2 Å². The molecule has 0 amide bonds. The maximum absolute atomic E-state index is 12.7. The average molecular weight is 365 g/mol. The predicted molar refractivity (Wildman–Crippen MR) is 103 cm³/mol. The molecule has 0 aromatic heterocycles. The highest BCUT2D eigenvalue weighted by molar-refractivity contribution is 5.79. The summed E-state index contributed by atoms with van der Waals surface area (Å²) in [7, 11) is 0. The van der Waals surface area contributed by atoms with Gasteiger partial charge < -0.3 is 0 Å². The normalized spacial score (nSPS) is 13.3. The van der Waals surface area contributed by atoms with E-state index in [1.54, 1.807) is 6.08 Å². The van der Waals surface area contributed by atoms with Crippen LogP contribution in [0.25, 0.3) is 11.6 Å². The molecule has 0 fully saturated rings. The monoisotopic (exact) mass is 365 g/mol. The Morgan fingerprint density at radius 1 is 0.963 bits per heavy atom. The van der Waals surface area contributed by atoms with Gasteiger partial charge in [0.1, 0.15) is 0 Å². The molecule has 0 radical (unpaired) electrons. The maximum atomic E-state index is 12.7. The number of benzene rings is 2. The average Bonchev–Trinajstić information content (AvgIpc) is 2.65. The minimum Gasteiger partial charge on any atom is -0.193 e. The Labute approximate surface area is 157 Å². The van der Waals surface area contributed by atoms with Crippen LogP contribution in [0, 0.1) is 11.3 Å². The molecule has 4 heteroatoms. The fourth-order valence-electron chi connectivity index (χ4n) is 2.30. The number of allylic oxidation sites excluding steroid dienone is 7. The van der Waals surface area contributed by atoms with E-state index in [1.165, 1.54) is 18.2 Å². The van der Waals surface area contributed by atoms with Crippen molar-refractivity contribution < 1.29 is 13.2 Å². The van der Waals surface area contributed by atoms with Gasteiger partial charge in [0.25, 0.3) is 0 Å². The van der Waals surface area contributed by atoms with E-state index in [0.29, 0.717) is 5.56 Å². The van der Waals surface area contributed by atoms with Gasteiger partial charge in [0, 0.05) is 6.08 Å². The molecule has 0 unspecified atom stereocenters. The molecule has 0 bridgehead atoms. The maximum Gasteiger partial charge on any atom is 0.416 e. The molecule has 0 saturated heterocycles. The smallest absolute Gasteiger partial charge is 0.193 e. The van der Waals surface area contributed by atoms with Gasteiger partial charge in [-0.25, -0.2) is 0 Å². The molecule has 0 aliphatic heterocycles. The van der Waals surface area contributed by atoms with E-state index >= 15 is 0 Å². The van der Waals surface area contributed by atoms with Crippen molar-refractivity contribution in [3.05, 3.63) is 107 Å². The first kappa shape index (κ1) is 20.0. The fraction of sp³-hybridized carbons (Fsp3) is 0.0870. The highest BCUT2D eigenvalue weighted by Crippen LogP contribution is 2.29. The van der Waals surface area contributed by atoms with E-state index in [-0.39, 0.29) is 0 Å². The molecule has 27 heavy (non-hydrogen) atoms. The number of nitrogens with zero attached hydrogens (tertiary/aromatic N) is 1. The lowest BCUT2D eigenvalue weighted by Gasteiger charge is -2.06. The molecule has 0 heterocycles. The van der Waals surface area contributed by atoms with Crippen LogP contribution in [0.5, 0.6) is 0 Å². The van der Waals surface area contributed by atoms with Crippen molar-refractivity contribution in [2.24, 2.45) is 0 Å². The van der Waals surface area contributed by atoms with E-state index in [2.05, 4.69) is 0 Å². The zero-order valence-electron chi connectivity index (χ0n) is 14.7. The minimum absolute atomic E-state index is 0.666. The summed E-state index contributed by atoms with van der Waals surface area (Å²) in [6, 6.07) is 16.6. The first-order valence-electron chi connectivity index (χ1n) is 8.25. The van der Waals surface area contributed by atoms with Gasteiger partial charge in [-0.1, -0.05) is 72.8 Å². The van der Waals surface area contributed by atoms with E-state index in [0.717, 1.165) is 28.8 Å². The van der Waals surface area contributed by atoms with E-state index in [9.17, 15) is 13.2 Å². The van der Waals surface area contributed by atoms with E-state index < -0.39 is 11.7 Å². The van der Waals surface area contributed by atoms with Crippen LogP contribution < -0.4 is 0 Å². The van der Waals surface area contributed by atoms with Crippen LogP contribution in [0.1, 0.15) is 23.6 Å². The second-order valence-corrected chi connectivity index (χ2v) is 5.82. The van der Waals surface area contributed by atoms with Crippen LogP contribution in [0.15, 0.2) is 90.6 Å². The van der Waals surface area contributed by atoms with Crippen molar-refractivity contribution in [1.29, 1.82) is 5.26 Å². The highest BCUT2D eigenvalue weighted by Gasteiger charge is 2.29. The summed E-state index contributed by atoms with van der Waals surface area (Å²) in [6.45, 7) is 1.83. The topological polar surface area (TPSA) is 23.8 Å². The number of rotatable bonds is 5. The van der Waals surface area contributed by atoms with Gasteiger partial charge in [0.05, 0.1) is 11.6 Å². The third kappa shape index (κ3) is 6.48. The fourth-order valence-corrected chi connectivity index (χ4v) is 2.30. The molecule has 2 aromatic rings.